The molecule has 0 spiro atoms. The fourth-order valence-corrected chi connectivity index (χ4v) is 1.09. The summed E-state index contributed by atoms with van der Waals surface area (Å²) in [6.07, 6.45) is 0. The van der Waals surface area contributed by atoms with E-state index >= 15 is 0 Å². The third-order valence-electron chi connectivity index (χ3n) is 0.953. The van der Waals surface area contributed by atoms with Crippen LogP contribution in [0.4, 0.5) is 0 Å². The van der Waals surface area contributed by atoms with E-state index in [4.69, 9.17) is 11.6 Å². The van der Waals surface area contributed by atoms with Crippen LogP contribution in [-0.2, 0) is 18.5 Å². The Morgan fingerprint density at radius 2 is 1.78 bits per heavy atom. The van der Waals surface area contributed by atoms with E-state index in [0.717, 1.165) is 10.6 Å². The molecule has 46 valence electrons. The summed E-state index contributed by atoms with van der Waals surface area (Å²) in [5.41, 5.74) is 1.11. The second-order valence-electron chi connectivity index (χ2n) is 1.60. The molecule has 0 fully saturated rings. The van der Waals surface area contributed by atoms with Crippen LogP contribution in [0.1, 0.15) is 5.56 Å². The minimum atomic E-state index is 0.778. The van der Waals surface area contributed by atoms with Gasteiger partial charge in [0, 0.05) is 0 Å². The van der Waals surface area contributed by atoms with Crippen LogP contribution in [0, 0.1) is 4.29 Å². The first kappa shape index (κ1) is 7.06. The predicted molar refractivity (Wildman–Crippen MR) is 34.4 cm³/mol. The van der Waals surface area contributed by atoms with Crippen LogP contribution in [0.5, 0.6) is 0 Å². The first-order chi connectivity index (χ1) is 4.33. The summed E-state index contributed by atoms with van der Waals surface area (Å²) in [7, 11) is 0. The molecule has 2 heteroatoms. The van der Waals surface area contributed by atoms with Gasteiger partial charge in [0.25, 0.3) is 0 Å². The zero-order chi connectivity index (χ0) is 6.69. The molecule has 0 N–H and O–H groups in total. The first-order valence-electron chi connectivity index (χ1n) is 2.45. The van der Waals surface area contributed by atoms with Gasteiger partial charge in [-0.2, -0.15) is 0 Å². The summed E-state index contributed by atoms with van der Waals surface area (Å²) in [6.45, 7) is 0. The summed E-state index contributed by atoms with van der Waals surface area (Å²) >= 11 is 7.16. The van der Waals surface area contributed by atoms with Crippen molar-refractivity contribution in [3.63, 3.8) is 0 Å². The maximum atomic E-state index is 5.65. The molecule has 1 rings (SSSR count). The van der Waals surface area contributed by atoms with Crippen molar-refractivity contribution in [2.75, 3.05) is 0 Å². The summed E-state index contributed by atoms with van der Waals surface area (Å²) in [6, 6.07) is 7.62. The molecule has 0 amide bonds. The third kappa shape index (κ3) is 1.97. The summed E-state index contributed by atoms with van der Waals surface area (Å²) in [5, 5.41) is 0.778. The quantitative estimate of drug-likeness (QED) is 0.689. The number of halogens is 1. The zero-order valence-corrected chi connectivity index (χ0v) is 8.04. The van der Waals surface area contributed by atoms with Crippen LogP contribution in [0.25, 0.3) is 0 Å². The zero-order valence-electron chi connectivity index (χ0n) is 4.57. The second-order valence-corrected chi connectivity index (χ2v) is 2.72. The van der Waals surface area contributed by atoms with E-state index in [9.17, 15) is 0 Å². The van der Waals surface area contributed by atoms with Crippen molar-refractivity contribution >= 4 is 11.6 Å². The molecule has 0 aliphatic carbocycles. The molecule has 0 atom stereocenters. The molecule has 0 unspecified atom stereocenters. The van der Waals surface area contributed by atoms with E-state index in [1.54, 1.807) is 0 Å². The van der Waals surface area contributed by atoms with E-state index in [-0.39, 0.29) is 0 Å². The predicted octanol–water partition coefficient (Wildman–Crippen LogP) is 2.19. The molecular weight excluding hydrogens is 306 g/mol. The van der Waals surface area contributed by atoms with E-state index < -0.39 is 0 Å². The molecular formula is C7H4ClRe. The molecule has 0 aliphatic heterocycles. The van der Waals surface area contributed by atoms with Crippen LogP contribution in [-0.4, -0.2) is 0 Å². The Balaban J connectivity index is 3.06. The molecule has 1 aromatic carbocycles. The van der Waals surface area contributed by atoms with Crippen molar-refractivity contribution in [3.8, 4) is 4.29 Å². The normalized spacial score (nSPS) is 8.56. The molecule has 0 aromatic heterocycles. The fourth-order valence-electron chi connectivity index (χ4n) is 0.513. The average Bonchev–Trinajstić information content (AvgIpc) is 1.90. The van der Waals surface area contributed by atoms with Gasteiger partial charge >= 0.3 is 69.3 Å². The second kappa shape index (κ2) is 3.20. The van der Waals surface area contributed by atoms with Crippen molar-refractivity contribution in [3.05, 3.63) is 34.9 Å². The van der Waals surface area contributed by atoms with Gasteiger partial charge in [0.1, 0.15) is 0 Å². The van der Waals surface area contributed by atoms with Crippen LogP contribution < -0.4 is 0 Å². The van der Waals surface area contributed by atoms with Gasteiger partial charge in [-0.1, -0.05) is 0 Å². The Kier molecular flexibility index (Phi) is 2.52. The van der Waals surface area contributed by atoms with E-state index in [0.29, 0.717) is 0 Å². The van der Waals surface area contributed by atoms with Crippen molar-refractivity contribution < 1.29 is 18.5 Å². The number of rotatable bonds is 0. The van der Waals surface area contributed by atoms with Crippen molar-refractivity contribution in [1.82, 2.24) is 0 Å². The average molecular weight is 310 g/mol. The Hall–Kier alpha value is -0.0477. The monoisotopic (exact) mass is 310 g/mol. The fraction of sp³-hybridized carbons (Fsp3) is 0. The molecule has 0 aliphatic rings. The van der Waals surface area contributed by atoms with Crippen LogP contribution in [0.2, 0.25) is 5.02 Å². The van der Waals surface area contributed by atoms with Crippen molar-refractivity contribution in [1.29, 1.82) is 0 Å². The summed E-state index contributed by atoms with van der Waals surface area (Å²) in [4.78, 5) is 0. The number of benzene rings is 1. The van der Waals surface area contributed by atoms with Crippen LogP contribution in [0.15, 0.2) is 24.3 Å². The first-order valence-corrected chi connectivity index (χ1v) is 4.19. The van der Waals surface area contributed by atoms with Gasteiger partial charge in [0.15, 0.2) is 0 Å². The topological polar surface area (TPSA) is 0 Å². The van der Waals surface area contributed by atoms with Gasteiger partial charge < -0.3 is 0 Å². The van der Waals surface area contributed by atoms with E-state index in [1.807, 2.05) is 24.3 Å². The molecule has 0 radical (unpaired) electrons. The summed E-state index contributed by atoms with van der Waals surface area (Å²) < 4.78 is 3.05. The van der Waals surface area contributed by atoms with Gasteiger partial charge in [-0.3, -0.25) is 0 Å². The van der Waals surface area contributed by atoms with Gasteiger partial charge in [-0.25, -0.2) is 0 Å². The van der Waals surface area contributed by atoms with Crippen LogP contribution >= 0.6 is 11.6 Å². The maximum absolute atomic E-state index is 5.65. The van der Waals surface area contributed by atoms with Gasteiger partial charge in [0.2, 0.25) is 0 Å². The molecule has 9 heavy (non-hydrogen) atoms. The third-order valence-corrected chi connectivity index (χ3v) is 1.99. The standard InChI is InChI=1S/C7H4Cl.Re/c1-6-2-4-7(8)5-3-6;/h2-5H;. The van der Waals surface area contributed by atoms with Gasteiger partial charge in [-0.15, -0.1) is 0 Å². The molecule has 0 saturated heterocycles. The van der Waals surface area contributed by atoms with Crippen molar-refractivity contribution in [2.24, 2.45) is 0 Å². The Labute approximate surface area is 69.4 Å². The molecule has 0 nitrogen and oxygen atoms in total. The SMILES string of the molecule is Clc1ccc([C]#[Re])cc1. The number of hydrogen-bond donors (Lipinski definition) is 0. The van der Waals surface area contributed by atoms with Crippen molar-refractivity contribution in [2.45, 2.75) is 0 Å². The van der Waals surface area contributed by atoms with E-state index in [1.165, 1.54) is 18.5 Å². The molecule has 0 bridgehead atoms. The number of hydrogen-bond acceptors (Lipinski definition) is 0. The Morgan fingerprint density at radius 1 is 1.22 bits per heavy atom. The molecule has 1 aromatic rings. The Morgan fingerprint density at radius 3 is 2.22 bits per heavy atom. The molecule has 0 heterocycles. The molecule has 0 saturated carbocycles. The van der Waals surface area contributed by atoms with Gasteiger partial charge in [-0.05, 0) is 0 Å². The van der Waals surface area contributed by atoms with E-state index in [2.05, 4.69) is 4.29 Å². The van der Waals surface area contributed by atoms with Gasteiger partial charge in [0.05, 0.1) is 0 Å². The summed E-state index contributed by atoms with van der Waals surface area (Å²) in [5.74, 6) is 0. The minimum absolute atomic E-state index is 0.778. The van der Waals surface area contributed by atoms with Crippen LogP contribution in [0.3, 0.4) is 0 Å². The Bertz CT molecular complexity index is 232.